The molecule has 0 aromatic heterocycles. The summed E-state index contributed by atoms with van der Waals surface area (Å²) in [5.41, 5.74) is 7.18. The Labute approximate surface area is 92.2 Å². The summed E-state index contributed by atoms with van der Waals surface area (Å²) in [5.74, 6) is 0. The molecular formula is C10H14BrNS. The van der Waals surface area contributed by atoms with Crippen molar-refractivity contribution in [1.29, 1.82) is 0 Å². The lowest BCUT2D eigenvalue weighted by Crippen LogP contribution is -2.22. The van der Waals surface area contributed by atoms with Gasteiger partial charge in [-0.15, -0.1) is 0 Å². The van der Waals surface area contributed by atoms with Gasteiger partial charge in [0.2, 0.25) is 0 Å². The Balaban J connectivity index is 2.86. The Hall–Kier alpha value is 0.01000. The minimum Gasteiger partial charge on any atom is -0.327 e. The van der Waals surface area contributed by atoms with E-state index in [4.69, 9.17) is 5.73 Å². The average Bonchev–Trinajstić information content (AvgIpc) is 2.09. The fourth-order valence-electron chi connectivity index (χ4n) is 1.31. The van der Waals surface area contributed by atoms with Gasteiger partial charge in [0.05, 0.1) is 0 Å². The zero-order chi connectivity index (χ0) is 9.84. The first kappa shape index (κ1) is 11.1. The Kier molecular flexibility index (Phi) is 4.29. The third-order valence-corrected chi connectivity index (χ3v) is 3.67. The van der Waals surface area contributed by atoms with Crippen LogP contribution in [0.25, 0.3) is 0 Å². The van der Waals surface area contributed by atoms with Crippen LogP contribution in [0.5, 0.6) is 0 Å². The van der Waals surface area contributed by atoms with Gasteiger partial charge in [-0.25, -0.2) is 0 Å². The summed E-state index contributed by atoms with van der Waals surface area (Å²) < 4.78 is 1.11. The summed E-state index contributed by atoms with van der Waals surface area (Å²) in [6, 6.07) is 8.54. The van der Waals surface area contributed by atoms with Crippen molar-refractivity contribution in [1.82, 2.24) is 0 Å². The summed E-state index contributed by atoms with van der Waals surface area (Å²) in [4.78, 5) is 0. The minimum atomic E-state index is 0.191. The first-order chi connectivity index (χ1) is 6.15. The maximum atomic E-state index is 5.88. The third-order valence-electron chi connectivity index (χ3n) is 1.93. The molecular weight excluding hydrogens is 246 g/mol. The molecule has 0 fully saturated rings. The predicted octanol–water partition coefficient (Wildman–Crippen LogP) is 3.20. The molecule has 1 rings (SSSR count). The minimum absolute atomic E-state index is 0.191. The molecule has 13 heavy (non-hydrogen) atoms. The van der Waals surface area contributed by atoms with E-state index in [0.29, 0.717) is 5.25 Å². The molecule has 2 atom stereocenters. The highest BCUT2D eigenvalue weighted by atomic mass is 79.9. The van der Waals surface area contributed by atoms with Crippen molar-refractivity contribution in [3.05, 3.63) is 34.3 Å². The topological polar surface area (TPSA) is 26.0 Å². The zero-order valence-electron chi connectivity index (χ0n) is 7.83. The highest BCUT2D eigenvalue weighted by Gasteiger charge is 2.13. The Morgan fingerprint density at radius 3 is 2.23 bits per heavy atom. The van der Waals surface area contributed by atoms with Gasteiger partial charge in [0, 0.05) is 15.8 Å². The van der Waals surface area contributed by atoms with Crippen molar-refractivity contribution in [2.45, 2.75) is 18.2 Å². The lowest BCUT2D eigenvalue weighted by atomic mass is 10.1. The van der Waals surface area contributed by atoms with E-state index in [1.54, 1.807) is 11.8 Å². The summed E-state index contributed by atoms with van der Waals surface area (Å²) >= 11 is 5.21. The van der Waals surface area contributed by atoms with Gasteiger partial charge in [-0.3, -0.25) is 0 Å². The second-order valence-corrected chi connectivity index (χ2v) is 4.96. The Morgan fingerprint density at radius 1 is 1.31 bits per heavy atom. The molecule has 0 bridgehead atoms. The first-order valence-electron chi connectivity index (χ1n) is 4.19. The van der Waals surface area contributed by atoms with Gasteiger partial charge in [-0.2, -0.15) is 11.8 Å². The largest absolute Gasteiger partial charge is 0.327 e. The van der Waals surface area contributed by atoms with E-state index in [0.717, 1.165) is 4.47 Å². The molecule has 0 heterocycles. The van der Waals surface area contributed by atoms with Gasteiger partial charge in [0.25, 0.3) is 0 Å². The van der Waals surface area contributed by atoms with Crippen molar-refractivity contribution < 1.29 is 0 Å². The molecule has 0 spiro atoms. The molecule has 0 saturated heterocycles. The van der Waals surface area contributed by atoms with E-state index in [1.165, 1.54) is 5.56 Å². The first-order valence-corrected chi connectivity index (χ1v) is 6.27. The predicted molar refractivity (Wildman–Crippen MR) is 64.0 cm³/mol. The van der Waals surface area contributed by atoms with E-state index in [9.17, 15) is 0 Å². The summed E-state index contributed by atoms with van der Waals surface area (Å²) in [6.45, 7) is 2.04. The second kappa shape index (κ2) is 5.03. The van der Waals surface area contributed by atoms with Gasteiger partial charge in [-0.1, -0.05) is 28.1 Å². The van der Waals surface area contributed by atoms with Crippen LogP contribution >= 0.6 is 27.7 Å². The van der Waals surface area contributed by atoms with Crippen molar-refractivity contribution in [3.63, 3.8) is 0 Å². The molecule has 2 unspecified atom stereocenters. The van der Waals surface area contributed by atoms with E-state index < -0.39 is 0 Å². The average molecular weight is 260 g/mol. The molecule has 1 nitrogen and oxygen atoms in total. The molecule has 3 heteroatoms. The number of hydrogen-bond acceptors (Lipinski definition) is 2. The van der Waals surface area contributed by atoms with Gasteiger partial charge in [-0.05, 0) is 30.9 Å². The van der Waals surface area contributed by atoms with E-state index >= 15 is 0 Å². The molecule has 72 valence electrons. The molecule has 0 aliphatic carbocycles. The van der Waals surface area contributed by atoms with Gasteiger partial charge in [0.15, 0.2) is 0 Å². The van der Waals surface area contributed by atoms with Crippen LogP contribution in [0.15, 0.2) is 28.7 Å². The maximum absolute atomic E-state index is 5.88. The van der Waals surface area contributed by atoms with Crippen molar-refractivity contribution >= 4 is 27.7 Å². The summed E-state index contributed by atoms with van der Waals surface area (Å²) in [6.07, 6.45) is 2.09. The molecule has 2 N–H and O–H groups in total. The summed E-state index contributed by atoms with van der Waals surface area (Å²) in [7, 11) is 0. The van der Waals surface area contributed by atoms with E-state index in [1.807, 2.05) is 6.92 Å². The lowest BCUT2D eigenvalue weighted by Gasteiger charge is -2.18. The van der Waals surface area contributed by atoms with Gasteiger partial charge < -0.3 is 5.73 Å². The highest BCUT2D eigenvalue weighted by Crippen LogP contribution is 2.29. The van der Waals surface area contributed by atoms with Crippen LogP contribution < -0.4 is 5.73 Å². The maximum Gasteiger partial charge on any atom is 0.0442 e. The van der Waals surface area contributed by atoms with Crippen LogP contribution in [0.2, 0.25) is 0 Å². The fraction of sp³-hybridized carbons (Fsp3) is 0.400. The van der Waals surface area contributed by atoms with Crippen LogP contribution in [0.4, 0.5) is 0 Å². The van der Waals surface area contributed by atoms with Crippen LogP contribution in [0.3, 0.4) is 0 Å². The van der Waals surface area contributed by atoms with Gasteiger partial charge in [0.1, 0.15) is 0 Å². The van der Waals surface area contributed by atoms with E-state index in [2.05, 4.69) is 46.5 Å². The second-order valence-electron chi connectivity index (χ2n) is 3.07. The van der Waals surface area contributed by atoms with Crippen LogP contribution in [0, 0.1) is 0 Å². The molecule has 1 aromatic carbocycles. The van der Waals surface area contributed by atoms with Gasteiger partial charge >= 0.3 is 0 Å². The van der Waals surface area contributed by atoms with Crippen LogP contribution in [-0.4, -0.2) is 12.3 Å². The molecule has 0 aliphatic heterocycles. The molecule has 0 aliphatic rings. The number of nitrogens with two attached hydrogens (primary N) is 1. The zero-order valence-corrected chi connectivity index (χ0v) is 10.2. The quantitative estimate of drug-likeness (QED) is 0.903. The van der Waals surface area contributed by atoms with Crippen LogP contribution in [-0.2, 0) is 0 Å². The van der Waals surface area contributed by atoms with Crippen molar-refractivity contribution in [2.75, 3.05) is 6.26 Å². The number of rotatable bonds is 3. The molecule has 0 radical (unpaired) electrons. The smallest absolute Gasteiger partial charge is 0.0442 e. The fourth-order valence-corrected chi connectivity index (χ4v) is 2.43. The van der Waals surface area contributed by atoms with Crippen molar-refractivity contribution in [2.24, 2.45) is 5.73 Å². The Morgan fingerprint density at radius 2 is 1.85 bits per heavy atom. The number of thioether (sulfide) groups is 1. The highest BCUT2D eigenvalue weighted by molar-refractivity contribution is 9.10. The molecule has 0 saturated carbocycles. The van der Waals surface area contributed by atoms with E-state index in [-0.39, 0.29) is 6.04 Å². The standard InChI is InChI=1S/C10H14BrNS/c1-7(12)10(13-2)8-3-5-9(11)6-4-8/h3-7,10H,12H2,1-2H3. The number of benzene rings is 1. The molecule has 1 aromatic rings. The van der Waals surface area contributed by atoms with Crippen LogP contribution in [0.1, 0.15) is 17.7 Å². The molecule has 0 amide bonds. The monoisotopic (exact) mass is 259 g/mol. The number of halogens is 1. The lowest BCUT2D eigenvalue weighted by molar-refractivity contribution is 0.723. The SMILES string of the molecule is CSC(c1ccc(Br)cc1)C(C)N. The Bertz CT molecular complexity index is 258. The summed E-state index contributed by atoms with van der Waals surface area (Å²) in [5, 5.41) is 0.396. The normalized spacial score (nSPS) is 15.4. The number of hydrogen-bond donors (Lipinski definition) is 1. The third kappa shape index (κ3) is 3.01. The van der Waals surface area contributed by atoms with Crippen molar-refractivity contribution in [3.8, 4) is 0 Å².